The first kappa shape index (κ1) is 32.0. The first-order valence-corrected chi connectivity index (χ1v) is 15.4. The molecule has 0 saturated carbocycles. The number of aliphatic hydroxyl groups is 1. The number of ether oxygens (including phenoxy) is 1. The van der Waals surface area contributed by atoms with Crippen LogP contribution in [0, 0.1) is 17.8 Å². The Labute approximate surface area is 251 Å². The van der Waals surface area contributed by atoms with Gasteiger partial charge in [0.1, 0.15) is 11.6 Å². The molecule has 4 rings (SSSR count). The molecule has 230 valence electrons. The number of anilines is 1. The van der Waals surface area contributed by atoms with E-state index >= 15 is 0 Å². The first-order chi connectivity index (χ1) is 19.9. The number of para-hydroxylation sites is 1. The second kappa shape index (κ2) is 12.3. The number of hydrogen-bond acceptors (Lipinski definition) is 5. The lowest BCUT2D eigenvalue weighted by Crippen LogP contribution is -2.60. The minimum atomic E-state index is -1.10. The number of nitrogens with zero attached hydrogens (tertiary/aromatic N) is 3. The van der Waals surface area contributed by atoms with Crippen LogP contribution in [0.15, 0.2) is 55.6 Å². The van der Waals surface area contributed by atoms with Gasteiger partial charge in [0.25, 0.3) is 0 Å². The Balaban J connectivity index is 1.80. The molecule has 3 fully saturated rings. The average Bonchev–Trinajstić information content (AvgIpc) is 3.45. The van der Waals surface area contributed by atoms with Crippen molar-refractivity contribution in [2.45, 2.75) is 89.5 Å². The molecule has 1 spiro atoms. The quantitative estimate of drug-likeness (QED) is 0.273. The summed E-state index contributed by atoms with van der Waals surface area (Å²) in [4.78, 5) is 48.9. The fourth-order valence-corrected chi connectivity index (χ4v) is 7.58. The number of fused-ring (bicyclic) bond motifs is 1. The molecule has 3 saturated heterocycles. The van der Waals surface area contributed by atoms with E-state index in [9.17, 15) is 19.5 Å². The molecular formula is C34H49N3O5. The number of aliphatic hydroxyl groups excluding tert-OH is 1. The van der Waals surface area contributed by atoms with Crippen LogP contribution in [0.25, 0.3) is 0 Å². The summed E-state index contributed by atoms with van der Waals surface area (Å²) in [6, 6.07) is 8.61. The van der Waals surface area contributed by atoms with E-state index in [1.165, 1.54) is 0 Å². The summed E-state index contributed by atoms with van der Waals surface area (Å²) in [6.45, 7) is 18.9. The van der Waals surface area contributed by atoms with E-state index in [0.717, 1.165) is 18.5 Å². The molecule has 2 bridgehead atoms. The van der Waals surface area contributed by atoms with Gasteiger partial charge in [0, 0.05) is 37.5 Å². The van der Waals surface area contributed by atoms with Crippen LogP contribution in [0.5, 0.6) is 0 Å². The highest BCUT2D eigenvalue weighted by molar-refractivity contribution is 6.03. The van der Waals surface area contributed by atoms with E-state index < -0.39 is 34.6 Å². The van der Waals surface area contributed by atoms with Gasteiger partial charge in [0.2, 0.25) is 17.7 Å². The Kier molecular flexibility index (Phi) is 9.38. The number of amides is 3. The molecule has 3 aliphatic heterocycles. The van der Waals surface area contributed by atoms with Gasteiger partial charge in [0.15, 0.2) is 0 Å². The maximum Gasteiger partial charge on any atom is 0.249 e. The number of benzene rings is 1. The highest BCUT2D eigenvalue weighted by Crippen LogP contribution is 2.65. The molecule has 1 aromatic carbocycles. The summed E-state index contributed by atoms with van der Waals surface area (Å²) in [7, 11) is 0. The summed E-state index contributed by atoms with van der Waals surface area (Å²) in [6.07, 6.45) is 7.01. The highest BCUT2D eigenvalue weighted by Gasteiger charge is 2.80. The summed E-state index contributed by atoms with van der Waals surface area (Å²) in [5.74, 6) is -2.07. The molecule has 3 aliphatic rings. The van der Waals surface area contributed by atoms with Gasteiger partial charge in [-0.2, -0.15) is 0 Å². The standard InChI is InChI=1S/C34H49N3O5/c1-8-19-35(25-17-13-12-14-18-25)29(39)26-27-30(40)36(21-15-10-11-16-22-38)28(31(41)37(20-9-2)32(4,5)6)34(27)23-24(3)33(26,7)42-34/h8-9,12-14,17-18,24,26-28,38H,1-2,10-11,15-16,19-23H2,3-7H3/t24?,26-,27-,28?,33+,34?/m0/s1. The average molecular weight is 580 g/mol. The first-order valence-electron chi connectivity index (χ1n) is 15.4. The second-order valence-electron chi connectivity index (χ2n) is 13.4. The zero-order valence-corrected chi connectivity index (χ0v) is 26.1. The predicted octanol–water partition coefficient (Wildman–Crippen LogP) is 4.58. The van der Waals surface area contributed by atoms with E-state index in [2.05, 4.69) is 20.1 Å². The Morgan fingerprint density at radius 1 is 1.07 bits per heavy atom. The summed E-state index contributed by atoms with van der Waals surface area (Å²) >= 11 is 0. The lowest BCUT2D eigenvalue weighted by Gasteiger charge is -2.42. The molecule has 1 N–H and O–H groups in total. The molecule has 6 atom stereocenters. The van der Waals surface area contributed by atoms with Gasteiger partial charge in [-0.3, -0.25) is 14.4 Å². The number of rotatable bonds is 13. The normalized spacial score (nSPS) is 29.9. The van der Waals surface area contributed by atoms with Crippen molar-refractivity contribution in [3.63, 3.8) is 0 Å². The SMILES string of the molecule is C=CCN(C(=O)[C@@H]1[C@H]2C(=O)N(CCCCCCO)C(C(=O)N(CC=C)C(C)(C)C)C23CC(C)[C@@]1(C)O3)c1ccccc1. The summed E-state index contributed by atoms with van der Waals surface area (Å²) in [5, 5.41) is 9.22. The van der Waals surface area contributed by atoms with Crippen molar-refractivity contribution in [1.82, 2.24) is 9.80 Å². The Morgan fingerprint density at radius 2 is 1.71 bits per heavy atom. The van der Waals surface area contributed by atoms with Crippen molar-refractivity contribution in [2.75, 3.05) is 31.1 Å². The van der Waals surface area contributed by atoms with Gasteiger partial charge in [-0.25, -0.2) is 0 Å². The van der Waals surface area contributed by atoms with Crippen molar-refractivity contribution < 1.29 is 24.2 Å². The highest BCUT2D eigenvalue weighted by atomic mass is 16.5. The van der Waals surface area contributed by atoms with E-state index in [4.69, 9.17) is 4.74 Å². The molecule has 0 aromatic heterocycles. The molecule has 8 heteroatoms. The molecule has 8 nitrogen and oxygen atoms in total. The van der Waals surface area contributed by atoms with E-state index in [1.807, 2.05) is 58.0 Å². The lowest BCUT2D eigenvalue weighted by atomic mass is 9.62. The summed E-state index contributed by atoms with van der Waals surface area (Å²) in [5.41, 5.74) is -1.78. The zero-order chi connectivity index (χ0) is 30.9. The third kappa shape index (κ3) is 5.32. The Morgan fingerprint density at radius 3 is 2.31 bits per heavy atom. The lowest BCUT2D eigenvalue weighted by molar-refractivity contribution is -0.155. The van der Waals surface area contributed by atoms with Crippen molar-refractivity contribution in [3.05, 3.63) is 55.6 Å². The molecule has 42 heavy (non-hydrogen) atoms. The maximum atomic E-state index is 14.6. The Hall–Kier alpha value is -2.97. The van der Waals surface area contributed by atoms with Gasteiger partial charge in [0.05, 0.1) is 17.4 Å². The van der Waals surface area contributed by atoms with Crippen LogP contribution < -0.4 is 4.90 Å². The van der Waals surface area contributed by atoms with E-state index in [0.29, 0.717) is 38.9 Å². The molecular weight excluding hydrogens is 530 g/mol. The monoisotopic (exact) mass is 579 g/mol. The Bertz CT molecular complexity index is 1180. The molecule has 3 heterocycles. The largest absolute Gasteiger partial charge is 0.396 e. The topological polar surface area (TPSA) is 90.4 Å². The number of unbranched alkanes of at least 4 members (excludes halogenated alkanes) is 3. The molecule has 3 amide bonds. The van der Waals surface area contributed by atoms with Gasteiger partial charge in [-0.1, -0.05) is 50.1 Å². The number of hydrogen-bond donors (Lipinski definition) is 1. The van der Waals surface area contributed by atoms with Crippen molar-refractivity contribution >= 4 is 23.4 Å². The van der Waals surface area contributed by atoms with Crippen LogP contribution in [-0.4, -0.2) is 81.7 Å². The molecule has 3 unspecified atom stereocenters. The van der Waals surface area contributed by atoms with Crippen molar-refractivity contribution in [3.8, 4) is 0 Å². The van der Waals surface area contributed by atoms with Gasteiger partial charge in [-0.05, 0) is 65.0 Å². The van der Waals surface area contributed by atoms with Crippen LogP contribution in [0.1, 0.15) is 66.7 Å². The maximum absolute atomic E-state index is 14.6. The van der Waals surface area contributed by atoms with Gasteiger partial charge in [-0.15, -0.1) is 13.2 Å². The second-order valence-corrected chi connectivity index (χ2v) is 13.4. The molecule has 0 radical (unpaired) electrons. The van der Waals surface area contributed by atoms with E-state index in [-0.39, 0.29) is 30.2 Å². The number of carbonyl (C=O) groups is 3. The van der Waals surface area contributed by atoms with Crippen LogP contribution in [0.2, 0.25) is 0 Å². The smallest absolute Gasteiger partial charge is 0.249 e. The fourth-order valence-electron chi connectivity index (χ4n) is 7.58. The minimum Gasteiger partial charge on any atom is -0.396 e. The van der Waals surface area contributed by atoms with Crippen LogP contribution in [-0.2, 0) is 19.1 Å². The summed E-state index contributed by atoms with van der Waals surface area (Å²) < 4.78 is 6.96. The van der Waals surface area contributed by atoms with Crippen molar-refractivity contribution in [1.29, 1.82) is 0 Å². The third-order valence-electron chi connectivity index (χ3n) is 9.65. The predicted molar refractivity (Wildman–Crippen MR) is 165 cm³/mol. The van der Waals surface area contributed by atoms with Crippen LogP contribution in [0.4, 0.5) is 5.69 Å². The van der Waals surface area contributed by atoms with Crippen molar-refractivity contribution in [2.24, 2.45) is 17.8 Å². The van der Waals surface area contributed by atoms with Crippen LogP contribution >= 0.6 is 0 Å². The van der Waals surface area contributed by atoms with Gasteiger partial charge >= 0.3 is 0 Å². The third-order valence-corrected chi connectivity index (χ3v) is 9.65. The fraction of sp³-hybridized carbons (Fsp3) is 0.618. The number of carbonyl (C=O) groups excluding carboxylic acids is 3. The van der Waals surface area contributed by atoms with Crippen LogP contribution in [0.3, 0.4) is 0 Å². The van der Waals surface area contributed by atoms with E-state index in [1.54, 1.807) is 26.9 Å². The number of likely N-dealkylation sites (tertiary alicyclic amines) is 1. The molecule has 1 aromatic rings. The van der Waals surface area contributed by atoms with Gasteiger partial charge < -0.3 is 24.5 Å². The molecule has 0 aliphatic carbocycles. The zero-order valence-electron chi connectivity index (χ0n) is 26.1. The minimum absolute atomic E-state index is 0.0425.